The van der Waals surface area contributed by atoms with Crippen LogP contribution in [0, 0.1) is 0 Å². The molecule has 0 fully saturated rings. The van der Waals surface area contributed by atoms with Crippen molar-refractivity contribution in [2.45, 2.75) is 37.3 Å². The number of nitrogens with zero attached hydrogens (tertiary/aromatic N) is 3. The van der Waals surface area contributed by atoms with E-state index in [4.69, 9.17) is 0 Å². The number of hydrogen-bond donors (Lipinski definition) is 0. The standard InChI is InChI=1S/C57H45N3/c1-57(2)49-25-10-7-20-42(49)45-23-14-24-46(56(45)57)51-29-15-28-50(58(51)3)39-16-13-19-41(34-39)60-53-27-12-9-22-44(53)48-36-38(31-33-55(48)60)37-30-32-54-47(35-37)43-21-8-11-26-52(43)59(54)40-17-5-4-6-18-40/h4-36,44,51,53H,1-3H3. The highest BCUT2D eigenvalue weighted by molar-refractivity contribution is 6.10. The zero-order valence-corrected chi connectivity index (χ0v) is 34.1. The smallest absolute Gasteiger partial charge is 0.0729 e. The summed E-state index contributed by atoms with van der Waals surface area (Å²) >= 11 is 0. The van der Waals surface area contributed by atoms with Gasteiger partial charge in [-0.25, -0.2) is 0 Å². The van der Waals surface area contributed by atoms with Gasteiger partial charge in [-0.05, 0) is 111 Å². The Morgan fingerprint density at radius 1 is 0.517 bits per heavy atom. The van der Waals surface area contributed by atoms with E-state index in [9.17, 15) is 0 Å². The lowest BCUT2D eigenvalue weighted by atomic mass is 9.78. The van der Waals surface area contributed by atoms with E-state index in [-0.39, 0.29) is 23.4 Å². The van der Waals surface area contributed by atoms with Gasteiger partial charge in [0.25, 0.3) is 0 Å². The lowest BCUT2D eigenvalue weighted by Gasteiger charge is -2.36. The largest absolute Gasteiger partial charge is 0.364 e. The Balaban J connectivity index is 0.899. The average molecular weight is 772 g/mol. The second kappa shape index (κ2) is 13.2. The van der Waals surface area contributed by atoms with Gasteiger partial charge in [-0.2, -0.15) is 0 Å². The van der Waals surface area contributed by atoms with Gasteiger partial charge in [0.15, 0.2) is 0 Å². The van der Waals surface area contributed by atoms with Gasteiger partial charge in [0.05, 0.1) is 23.1 Å². The van der Waals surface area contributed by atoms with Gasteiger partial charge < -0.3 is 14.4 Å². The first-order chi connectivity index (χ1) is 29.5. The quantitative estimate of drug-likeness (QED) is 0.173. The third-order valence-corrected chi connectivity index (χ3v) is 13.8. The van der Waals surface area contributed by atoms with Crippen LogP contribution in [0.2, 0.25) is 0 Å². The van der Waals surface area contributed by atoms with Gasteiger partial charge in [0.1, 0.15) is 0 Å². The summed E-state index contributed by atoms with van der Waals surface area (Å²) < 4.78 is 2.39. The molecule has 0 radical (unpaired) electrons. The van der Waals surface area contributed by atoms with Crippen LogP contribution in [0.4, 0.5) is 11.4 Å². The number of benzene rings is 7. The van der Waals surface area contributed by atoms with Crippen molar-refractivity contribution in [2.75, 3.05) is 11.9 Å². The van der Waals surface area contributed by atoms with E-state index in [1.807, 2.05) is 0 Å². The molecule has 0 spiro atoms. The molecule has 0 N–H and O–H groups in total. The van der Waals surface area contributed by atoms with Crippen LogP contribution in [0.15, 0.2) is 200 Å². The van der Waals surface area contributed by atoms with Gasteiger partial charge >= 0.3 is 0 Å². The van der Waals surface area contributed by atoms with E-state index in [2.05, 4.69) is 236 Å². The second-order valence-corrected chi connectivity index (χ2v) is 17.3. The molecule has 8 aromatic rings. The monoisotopic (exact) mass is 771 g/mol. The number of rotatable bonds is 5. The first-order valence-electron chi connectivity index (χ1n) is 21.3. The molecular weight excluding hydrogens is 727 g/mol. The maximum absolute atomic E-state index is 2.56. The molecule has 3 unspecified atom stereocenters. The topological polar surface area (TPSA) is 11.4 Å². The fourth-order valence-corrected chi connectivity index (χ4v) is 11.0. The fourth-order valence-electron chi connectivity index (χ4n) is 11.0. The number of fused-ring (bicyclic) bond motifs is 9. The van der Waals surface area contributed by atoms with Crippen molar-refractivity contribution in [1.29, 1.82) is 0 Å². The van der Waals surface area contributed by atoms with Gasteiger partial charge in [-0.15, -0.1) is 0 Å². The van der Waals surface area contributed by atoms with Crippen LogP contribution >= 0.6 is 0 Å². The number of aromatic nitrogens is 1. The second-order valence-electron chi connectivity index (χ2n) is 17.3. The number of hydrogen-bond acceptors (Lipinski definition) is 2. The molecule has 0 amide bonds. The Morgan fingerprint density at radius 2 is 1.25 bits per heavy atom. The molecular formula is C57H45N3. The molecule has 60 heavy (non-hydrogen) atoms. The summed E-state index contributed by atoms with van der Waals surface area (Å²) in [6.45, 7) is 4.77. The van der Waals surface area contributed by atoms with Crippen molar-refractivity contribution >= 4 is 38.9 Å². The van der Waals surface area contributed by atoms with Gasteiger partial charge in [-0.1, -0.05) is 153 Å². The molecule has 2 aliphatic heterocycles. The third-order valence-electron chi connectivity index (χ3n) is 13.8. The van der Waals surface area contributed by atoms with E-state index in [0.717, 1.165) is 0 Å². The lowest BCUT2D eigenvalue weighted by Crippen LogP contribution is -2.29. The Labute approximate surface area is 352 Å². The Kier molecular flexibility index (Phi) is 7.68. The zero-order chi connectivity index (χ0) is 40.1. The van der Waals surface area contributed by atoms with Crippen LogP contribution in [-0.2, 0) is 5.41 Å². The molecule has 0 saturated carbocycles. The highest BCUT2D eigenvalue weighted by Crippen LogP contribution is 2.53. The van der Waals surface area contributed by atoms with Crippen molar-refractivity contribution in [1.82, 2.24) is 9.47 Å². The van der Waals surface area contributed by atoms with Crippen LogP contribution < -0.4 is 4.90 Å². The first-order valence-corrected chi connectivity index (χ1v) is 21.3. The van der Waals surface area contributed by atoms with E-state index in [1.54, 1.807) is 0 Å². The number of anilines is 2. The normalized spacial score (nSPS) is 19.4. The maximum atomic E-state index is 2.56. The molecule has 3 heterocycles. The van der Waals surface area contributed by atoms with E-state index < -0.39 is 0 Å². The van der Waals surface area contributed by atoms with Crippen LogP contribution in [0.3, 0.4) is 0 Å². The van der Waals surface area contributed by atoms with E-state index in [0.29, 0.717) is 0 Å². The van der Waals surface area contributed by atoms with Gasteiger partial charge in [-0.3, -0.25) is 0 Å². The molecule has 2 aliphatic carbocycles. The molecule has 12 rings (SSSR count). The Hall–Kier alpha value is -7.10. The van der Waals surface area contributed by atoms with Gasteiger partial charge in [0, 0.05) is 51.9 Å². The molecule has 288 valence electrons. The van der Waals surface area contributed by atoms with Crippen LogP contribution in [0.1, 0.15) is 53.6 Å². The predicted molar refractivity (Wildman–Crippen MR) is 251 cm³/mol. The maximum Gasteiger partial charge on any atom is 0.0729 e. The van der Waals surface area contributed by atoms with E-state index >= 15 is 0 Å². The summed E-state index contributed by atoms with van der Waals surface area (Å²) in [6, 6.07) is 58.9. The zero-order valence-electron chi connectivity index (χ0n) is 34.1. The molecule has 3 heteroatoms. The number of likely N-dealkylation sites (N-methyl/N-ethyl adjacent to an activating group) is 1. The SMILES string of the molecule is CN1C(c2cccc(N3c4ccc(-c5ccc6c(c5)c5ccccc5n6-c5ccccc5)cc4C4C=CC=CC43)c2)=CC=CC1c1cccc2c1C(C)(C)c1ccccc1-2. The number of allylic oxidation sites excluding steroid dienone is 4. The molecule has 3 nitrogen and oxygen atoms in total. The Morgan fingerprint density at radius 3 is 2.17 bits per heavy atom. The molecule has 0 saturated heterocycles. The van der Waals surface area contributed by atoms with Crippen molar-refractivity contribution < 1.29 is 0 Å². The van der Waals surface area contributed by atoms with Crippen molar-refractivity contribution in [3.05, 3.63) is 228 Å². The fraction of sp³-hybridized carbons (Fsp3) is 0.123. The van der Waals surface area contributed by atoms with Crippen LogP contribution in [0.5, 0.6) is 0 Å². The summed E-state index contributed by atoms with van der Waals surface area (Å²) in [5, 5.41) is 2.54. The summed E-state index contributed by atoms with van der Waals surface area (Å²) in [4.78, 5) is 5.03. The third kappa shape index (κ3) is 5.08. The van der Waals surface area contributed by atoms with Crippen LogP contribution in [0.25, 0.3) is 55.4 Å². The molecule has 4 aliphatic rings. The average Bonchev–Trinajstić information content (AvgIpc) is 3.89. The number of para-hydroxylation sites is 2. The summed E-state index contributed by atoms with van der Waals surface area (Å²) in [7, 11) is 2.26. The van der Waals surface area contributed by atoms with Crippen molar-refractivity contribution in [3.63, 3.8) is 0 Å². The lowest BCUT2D eigenvalue weighted by molar-refractivity contribution is 0.407. The van der Waals surface area contributed by atoms with Gasteiger partial charge in [0.2, 0.25) is 0 Å². The summed E-state index contributed by atoms with van der Waals surface area (Å²) in [5.74, 6) is 0.258. The predicted octanol–water partition coefficient (Wildman–Crippen LogP) is 14.1. The minimum atomic E-state index is -0.0739. The van der Waals surface area contributed by atoms with Crippen molar-refractivity contribution in [3.8, 4) is 27.9 Å². The molecule has 1 aromatic heterocycles. The summed E-state index contributed by atoms with van der Waals surface area (Å²) in [5.41, 5.74) is 19.3. The first kappa shape index (κ1) is 34.9. The molecule has 3 atom stereocenters. The Bertz CT molecular complexity index is 3170. The highest BCUT2D eigenvalue weighted by Gasteiger charge is 2.40. The van der Waals surface area contributed by atoms with Crippen molar-refractivity contribution in [2.24, 2.45) is 0 Å². The highest BCUT2D eigenvalue weighted by atomic mass is 15.2. The van der Waals surface area contributed by atoms with E-state index in [1.165, 1.54) is 94.6 Å². The van der Waals surface area contributed by atoms with Crippen LogP contribution in [-0.4, -0.2) is 22.6 Å². The summed E-state index contributed by atoms with van der Waals surface area (Å²) in [6.07, 6.45) is 16.1. The minimum Gasteiger partial charge on any atom is -0.364 e. The molecule has 7 aromatic carbocycles. The molecule has 0 bridgehead atoms. The minimum absolute atomic E-state index is 0.0739.